The molecule has 0 unspecified atom stereocenters. The molecule has 0 saturated heterocycles. The molecule has 0 radical (unpaired) electrons. The van der Waals surface area contributed by atoms with Gasteiger partial charge in [0.2, 0.25) is 4.80 Å². The summed E-state index contributed by atoms with van der Waals surface area (Å²) < 4.78 is 37.9. The number of sulfonamides is 1. The Morgan fingerprint density at radius 2 is 1.66 bits per heavy atom. The lowest BCUT2D eigenvalue weighted by molar-refractivity contribution is 0.0734. The first-order valence-electron chi connectivity index (χ1n) is 11.4. The van der Waals surface area contributed by atoms with Crippen LogP contribution in [0.4, 0.5) is 0 Å². The average Bonchev–Trinajstić information content (AvgIpc) is 3.57. The maximum atomic E-state index is 12.9. The van der Waals surface area contributed by atoms with Gasteiger partial charge in [0.25, 0.3) is 10.0 Å². The molecule has 1 fully saturated rings. The summed E-state index contributed by atoms with van der Waals surface area (Å²) in [6, 6.07) is 19.7. The molecule has 1 saturated carbocycles. The van der Waals surface area contributed by atoms with Crippen LogP contribution in [-0.2, 0) is 10.0 Å². The Bertz CT molecular complexity index is 1460. The third kappa shape index (κ3) is 5.32. The fraction of sp³-hybridized carbons (Fsp3) is 0.231. The van der Waals surface area contributed by atoms with E-state index in [2.05, 4.69) is 8.96 Å². The fourth-order valence-electron chi connectivity index (χ4n) is 4.28. The molecule has 0 amide bonds. The molecule has 1 aliphatic rings. The van der Waals surface area contributed by atoms with Crippen molar-refractivity contribution >= 4 is 38.7 Å². The van der Waals surface area contributed by atoms with E-state index in [1.165, 1.54) is 29.1 Å². The predicted octanol–water partition coefficient (Wildman–Crippen LogP) is 6.29. The fourth-order valence-corrected chi connectivity index (χ4v) is 7.42. The van der Waals surface area contributed by atoms with Crippen molar-refractivity contribution in [2.24, 2.45) is 4.40 Å². The third-order valence-corrected chi connectivity index (χ3v) is 9.59. The van der Waals surface area contributed by atoms with E-state index in [0.29, 0.717) is 16.1 Å². The van der Waals surface area contributed by atoms with Crippen molar-refractivity contribution in [3.63, 3.8) is 0 Å². The number of carbonyl (C=O) groups is 1. The highest BCUT2D eigenvalue weighted by atomic mass is 32.2. The van der Waals surface area contributed by atoms with Crippen LogP contribution in [0.25, 0.3) is 11.3 Å². The van der Waals surface area contributed by atoms with Crippen LogP contribution in [0.3, 0.4) is 0 Å². The summed E-state index contributed by atoms with van der Waals surface area (Å²) in [6.07, 6.45) is 5.39. The second-order valence-corrected chi connectivity index (χ2v) is 12.0. The molecule has 0 spiro atoms. The van der Waals surface area contributed by atoms with Gasteiger partial charge in [-0.3, -0.25) is 0 Å². The van der Waals surface area contributed by atoms with Crippen LogP contribution in [0, 0.1) is 0 Å². The van der Waals surface area contributed by atoms with Crippen molar-refractivity contribution in [1.29, 1.82) is 0 Å². The molecule has 0 bridgehead atoms. The number of rotatable bonds is 6. The molecule has 2 heterocycles. The molecule has 0 N–H and O–H groups in total. The number of benzene rings is 2. The number of esters is 1. The van der Waals surface area contributed by atoms with Crippen LogP contribution in [0.15, 0.2) is 86.1 Å². The van der Waals surface area contributed by atoms with Gasteiger partial charge >= 0.3 is 5.97 Å². The number of hydrogen-bond acceptors (Lipinski definition) is 6. The highest BCUT2D eigenvalue weighted by Gasteiger charge is 2.22. The number of aromatic nitrogens is 1. The first kappa shape index (κ1) is 23.7. The van der Waals surface area contributed by atoms with Crippen LogP contribution in [0.1, 0.15) is 48.5 Å². The Labute approximate surface area is 212 Å². The van der Waals surface area contributed by atoms with E-state index in [9.17, 15) is 13.2 Å². The third-order valence-electron chi connectivity index (χ3n) is 6.00. The van der Waals surface area contributed by atoms with E-state index in [1.807, 2.05) is 23.6 Å². The normalized spacial score (nSPS) is 15.3. The van der Waals surface area contributed by atoms with Gasteiger partial charge in [-0.1, -0.05) is 43.5 Å². The van der Waals surface area contributed by atoms with Crippen LogP contribution in [-0.4, -0.2) is 19.0 Å². The molecular weight excluding hydrogens is 500 g/mol. The van der Waals surface area contributed by atoms with Gasteiger partial charge in [0.1, 0.15) is 9.96 Å². The summed E-state index contributed by atoms with van der Waals surface area (Å²) in [5, 5.41) is 3.70. The van der Waals surface area contributed by atoms with Gasteiger partial charge in [0.15, 0.2) is 0 Å². The summed E-state index contributed by atoms with van der Waals surface area (Å²) in [5.41, 5.74) is 2.33. The minimum atomic E-state index is -3.77. The lowest BCUT2D eigenvalue weighted by Crippen LogP contribution is -2.24. The number of thiophene rings is 1. The van der Waals surface area contributed by atoms with Gasteiger partial charge in [-0.2, -0.15) is 8.42 Å². The van der Waals surface area contributed by atoms with E-state index in [1.54, 1.807) is 53.9 Å². The lowest BCUT2D eigenvalue weighted by atomic mass is 9.95. The summed E-state index contributed by atoms with van der Waals surface area (Å²) >= 11 is 2.51. The van der Waals surface area contributed by atoms with Crippen molar-refractivity contribution in [2.75, 3.05) is 0 Å². The number of thiazole rings is 1. The van der Waals surface area contributed by atoms with Crippen LogP contribution < -0.4 is 9.54 Å². The Hall–Kier alpha value is -3.01. The topological polar surface area (TPSA) is 77.7 Å². The monoisotopic (exact) mass is 524 g/mol. The second-order valence-electron chi connectivity index (χ2n) is 8.34. The minimum Gasteiger partial charge on any atom is -0.423 e. The largest absolute Gasteiger partial charge is 0.423 e. The van der Waals surface area contributed by atoms with Crippen LogP contribution >= 0.6 is 22.7 Å². The average molecular weight is 525 g/mol. The van der Waals surface area contributed by atoms with E-state index in [0.717, 1.165) is 36.9 Å². The predicted molar refractivity (Wildman–Crippen MR) is 138 cm³/mol. The number of hydrogen-bond donors (Lipinski definition) is 0. The Balaban J connectivity index is 1.49. The first-order chi connectivity index (χ1) is 17.0. The molecule has 1 aliphatic carbocycles. The molecule has 9 heteroatoms. The second kappa shape index (κ2) is 10.3. The van der Waals surface area contributed by atoms with Crippen molar-refractivity contribution in [1.82, 2.24) is 4.57 Å². The Kier molecular flexibility index (Phi) is 6.99. The molecule has 0 aliphatic heterocycles. The number of carbonyl (C=O) groups excluding carboxylic acids is 1. The van der Waals surface area contributed by atoms with Gasteiger partial charge in [-0.25, -0.2) is 4.79 Å². The van der Waals surface area contributed by atoms with Crippen molar-refractivity contribution in [2.45, 2.75) is 42.4 Å². The van der Waals surface area contributed by atoms with Gasteiger partial charge in [0.05, 0.1) is 11.3 Å². The molecule has 5 rings (SSSR count). The zero-order valence-corrected chi connectivity index (χ0v) is 21.3. The summed E-state index contributed by atoms with van der Waals surface area (Å²) in [7, 11) is -3.77. The van der Waals surface area contributed by atoms with Crippen molar-refractivity contribution in [3.8, 4) is 17.0 Å². The Morgan fingerprint density at radius 3 is 2.34 bits per heavy atom. The smallest absolute Gasteiger partial charge is 0.343 e. The standard InChI is InChI=1S/C26H24N2O4S3/c29-25(20-8-3-1-4-9-20)32-22-15-13-19(14-16-22)23-18-34-26(28(23)21-10-5-2-6-11-21)27-35(30,31)24-12-7-17-33-24/h1,3-4,7-9,12-18,21H,2,5-6,10-11H2. The molecule has 180 valence electrons. The lowest BCUT2D eigenvalue weighted by Gasteiger charge is -2.25. The highest BCUT2D eigenvalue weighted by Crippen LogP contribution is 2.33. The van der Waals surface area contributed by atoms with Gasteiger partial charge in [0, 0.05) is 11.4 Å². The zero-order valence-electron chi connectivity index (χ0n) is 18.9. The maximum Gasteiger partial charge on any atom is 0.343 e. The van der Waals surface area contributed by atoms with Crippen molar-refractivity contribution in [3.05, 3.63) is 87.9 Å². The van der Waals surface area contributed by atoms with Crippen LogP contribution in [0.2, 0.25) is 0 Å². The van der Waals surface area contributed by atoms with Gasteiger partial charge in [-0.15, -0.1) is 27.1 Å². The molecule has 6 nitrogen and oxygen atoms in total. The quantitative estimate of drug-likeness (QED) is 0.219. The molecule has 0 atom stereocenters. The van der Waals surface area contributed by atoms with E-state index >= 15 is 0 Å². The minimum absolute atomic E-state index is 0.192. The molecule has 2 aromatic heterocycles. The number of ether oxygens (including phenoxy) is 1. The number of nitrogens with zero attached hydrogens (tertiary/aromatic N) is 2. The first-order valence-corrected chi connectivity index (χ1v) is 14.6. The van der Waals surface area contributed by atoms with Gasteiger partial charge < -0.3 is 9.30 Å². The molecule has 2 aromatic carbocycles. The zero-order chi connectivity index (χ0) is 24.3. The van der Waals surface area contributed by atoms with Crippen LogP contribution in [0.5, 0.6) is 5.75 Å². The summed E-state index contributed by atoms with van der Waals surface area (Å²) in [6.45, 7) is 0. The Morgan fingerprint density at radius 1 is 0.914 bits per heavy atom. The molecule has 35 heavy (non-hydrogen) atoms. The summed E-state index contributed by atoms with van der Waals surface area (Å²) in [4.78, 5) is 12.9. The molecule has 4 aromatic rings. The van der Waals surface area contributed by atoms with E-state index < -0.39 is 16.0 Å². The molecular formula is C26H24N2O4S3. The maximum absolute atomic E-state index is 12.9. The van der Waals surface area contributed by atoms with E-state index in [-0.39, 0.29) is 10.3 Å². The summed E-state index contributed by atoms with van der Waals surface area (Å²) in [5.74, 6) is 0.0401. The highest BCUT2D eigenvalue weighted by molar-refractivity contribution is 7.92. The van der Waals surface area contributed by atoms with Crippen molar-refractivity contribution < 1.29 is 17.9 Å². The SMILES string of the molecule is O=C(Oc1ccc(-c2csc(=NS(=O)(=O)c3cccs3)n2C2CCCCC2)cc1)c1ccccc1. The van der Waals surface area contributed by atoms with Gasteiger partial charge in [-0.05, 0) is 66.2 Å². The van der Waals surface area contributed by atoms with E-state index in [4.69, 9.17) is 4.74 Å².